The number of rotatable bonds is 8. The molecule has 0 bridgehead atoms. The molecule has 1 aromatic heterocycles. The highest BCUT2D eigenvalue weighted by Crippen LogP contribution is 2.34. The first kappa shape index (κ1) is 24.0. The molecule has 2 heterocycles. The molecule has 1 unspecified atom stereocenters. The summed E-state index contributed by atoms with van der Waals surface area (Å²) in [4.78, 5) is 36.8. The van der Waals surface area contributed by atoms with Gasteiger partial charge in [0.15, 0.2) is 11.3 Å². The highest BCUT2D eigenvalue weighted by atomic mass is 32.2. The van der Waals surface area contributed by atoms with Crippen molar-refractivity contribution in [2.75, 3.05) is 17.7 Å². The molecular formula is C24H32N4O3S. The summed E-state index contributed by atoms with van der Waals surface area (Å²) in [5.41, 5.74) is 3.51. The number of hydrogen-bond acceptors (Lipinski definition) is 6. The number of anilines is 1. The molecule has 0 aliphatic carbocycles. The molecule has 1 aromatic carbocycles. The van der Waals surface area contributed by atoms with E-state index in [-0.39, 0.29) is 24.4 Å². The summed E-state index contributed by atoms with van der Waals surface area (Å²) in [6, 6.07) is 7.48. The molecule has 0 spiro atoms. The monoisotopic (exact) mass is 456 g/mol. The summed E-state index contributed by atoms with van der Waals surface area (Å²) in [5, 5.41) is 3.78. The SMILES string of the molecule is CCC(CC)NC(=O)C1CN(C(=O)CCc2c(C)nc(SC)nc2C)c2ccccc2O1. The van der Waals surface area contributed by atoms with E-state index in [1.165, 1.54) is 11.8 Å². The molecule has 32 heavy (non-hydrogen) atoms. The number of ether oxygens (including phenoxy) is 1. The lowest BCUT2D eigenvalue weighted by Crippen LogP contribution is -2.52. The van der Waals surface area contributed by atoms with Gasteiger partial charge < -0.3 is 15.0 Å². The van der Waals surface area contributed by atoms with Crippen LogP contribution in [0.2, 0.25) is 0 Å². The Morgan fingerprint density at radius 1 is 1.19 bits per heavy atom. The molecule has 1 N–H and O–H groups in total. The van der Waals surface area contributed by atoms with E-state index in [2.05, 4.69) is 15.3 Å². The van der Waals surface area contributed by atoms with Crippen LogP contribution in [-0.2, 0) is 16.0 Å². The minimum absolute atomic E-state index is 0.0474. The summed E-state index contributed by atoms with van der Waals surface area (Å²) in [7, 11) is 0. The van der Waals surface area contributed by atoms with Gasteiger partial charge in [0, 0.05) is 23.9 Å². The Hall–Kier alpha value is -2.61. The van der Waals surface area contributed by atoms with Crippen LogP contribution in [0.3, 0.4) is 0 Å². The number of aryl methyl sites for hydroxylation is 2. The Labute approximate surface area is 194 Å². The average molecular weight is 457 g/mol. The van der Waals surface area contributed by atoms with Crippen LogP contribution in [0.25, 0.3) is 0 Å². The van der Waals surface area contributed by atoms with E-state index in [0.717, 1.165) is 34.9 Å². The highest BCUT2D eigenvalue weighted by Gasteiger charge is 2.34. The van der Waals surface area contributed by atoms with Gasteiger partial charge in [-0.15, -0.1) is 0 Å². The zero-order chi connectivity index (χ0) is 23.3. The predicted octanol–water partition coefficient (Wildman–Crippen LogP) is 3.85. The molecular weight excluding hydrogens is 424 g/mol. The number of carbonyl (C=O) groups is 2. The zero-order valence-electron chi connectivity index (χ0n) is 19.5. The van der Waals surface area contributed by atoms with E-state index in [1.807, 2.05) is 52.1 Å². The maximum atomic E-state index is 13.3. The maximum absolute atomic E-state index is 13.3. The van der Waals surface area contributed by atoms with Crippen molar-refractivity contribution in [2.45, 2.75) is 70.7 Å². The minimum Gasteiger partial charge on any atom is -0.477 e. The van der Waals surface area contributed by atoms with Gasteiger partial charge in [0.1, 0.15) is 5.75 Å². The van der Waals surface area contributed by atoms with Gasteiger partial charge in [0.2, 0.25) is 5.91 Å². The van der Waals surface area contributed by atoms with Crippen LogP contribution in [0.5, 0.6) is 5.75 Å². The van der Waals surface area contributed by atoms with Crippen molar-refractivity contribution >= 4 is 29.3 Å². The van der Waals surface area contributed by atoms with Crippen molar-refractivity contribution in [1.29, 1.82) is 0 Å². The average Bonchev–Trinajstić information content (AvgIpc) is 2.80. The second-order valence-electron chi connectivity index (χ2n) is 7.96. The smallest absolute Gasteiger partial charge is 0.263 e. The molecule has 3 rings (SSSR count). The Kier molecular flexibility index (Phi) is 8.12. The summed E-state index contributed by atoms with van der Waals surface area (Å²) >= 11 is 1.51. The number of nitrogens with one attached hydrogen (secondary N) is 1. The number of carbonyl (C=O) groups excluding carboxylic acids is 2. The second kappa shape index (κ2) is 10.8. The second-order valence-corrected chi connectivity index (χ2v) is 8.73. The molecule has 172 valence electrons. The maximum Gasteiger partial charge on any atom is 0.263 e. The zero-order valence-corrected chi connectivity index (χ0v) is 20.3. The molecule has 0 fully saturated rings. The topological polar surface area (TPSA) is 84.4 Å². The van der Waals surface area contributed by atoms with Crippen LogP contribution in [0, 0.1) is 13.8 Å². The van der Waals surface area contributed by atoms with Gasteiger partial charge in [-0.2, -0.15) is 0 Å². The summed E-state index contributed by atoms with van der Waals surface area (Å²) in [5.74, 6) is 0.324. The van der Waals surface area contributed by atoms with E-state index in [0.29, 0.717) is 24.3 Å². The lowest BCUT2D eigenvalue weighted by molar-refractivity contribution is -0.129. The standard InChI is InChI=1S/C24H32N4O3S/c1-6-17(7-2)27-23(30)21-14-28(19-10-8-9-11-20(19)31-21)22(29)13-12-18-15(3)25-24(32-5)26-16(18)4/h8-11,17,21H,6-7,12-14H2,1-5H3,(H,27,30). The number of nitrogens with zero attached hydrogens (tertiary/aromatic N) is 3. The van der Waals surface area contributed by atoms with E-state index < -0.39 is 6.10 Å². The molecule has 1 aliphatic rings. The largest absolute Gasteiger partial charge is 0.477 e. The van der Waals surface area contributed by atoms with Crippen molar-refractivity contribution in [2.24, 2.45) is 0 Å². The number of amides is 2. The van der Waals surface area contributed by atoms with Crippen LogP contribution >= 0.6 is 11.8 Å². The summed E-state index contributed by atoms with van der Waals surface area (Å²) < 4.78 is 5.96. The van der Waals surface area contributed by atoms with E-state index >= 15 is 0 Å². The summed E-state index contributed by atoms with van der Waals surface area (Å²) in [6.45, 7) is 8.19. The number of para-hydroxylation sites is 2. The van der Waals surface area contributed by atoms with E-state index in [4.69, 9.17) is 4.74 Å². The Balaban J connectivity index is 1.76. The number of thioether (sulfide) groups is 1. The van der Waals surface area contributed by atoms with Crippen LogP contribution < -0.4 is 15.0 Å². The molecule has 0 saturated heterocycles. The number of hydrogen-bond donors (Lipinski definition) is 1. The first-order valence-corrected chi connectivity index (χ1v) is 12.3. The third-order valence-electron chi connectivity index (χ3n) is 5.87. The van der Waals surface area contributed by atoms with Gasteiger partial charge in [-0.25, -0.2) is 9.97 Å². The highest BCUT2D eigenvalue weighted by molar-refractivity contribution is 7.98. The van der Waals surface area contributed by atoms with Gasteiger partial charge in [0.25, 0.3) is 5.91 Å². The molecule has 2 amide bonds. The van der Waals surface area contributed by atoms with Gasteiger partial charge >= 0.3 is 0 Å². The van der Waals surface area contributed by atoms with Crippen molar-refractivity contribution < 1.29 is 14.3 Å². The number of aromatic nitrogens is 2. The first-order chi connectivity index (χ1) is 15.4. The number of fused-ring (bicyclic) bond motifs is 1. The van der Waals surface area contributed by atoms with Crippen LogP contribution in [0.4, 0.5) is 5.69 Å². The molecule has 7 nitrogen and oxygen atoms in total. The van der Waals surface area contributed by atoms with Gasteiger partial charge in [0.05, 0.1) is 12.2 Å². The van der Waals surface area contributed by atoms with Crippen molar-refractivity contribution in [3.05, 3.63) is 41.2 Å². The fourth-order valence-corrected chi connectivity index (χ4v) is 4.38. The van der Waals surface area contributed by atoms with Gasteiger partial charge in [-0.3, -0.25) is 9.59 Å². The van der Waals surface area contributed by atoms with Crippen molar-refractivity contribution in [1.82, 2.24) is 15.3 Å². The third kappa shape index (κ3) is 5.41. The quantitative estimate of drug-likeness (QED) is 0.480. The summed E-state index contributed by atoms with van der Waals surface area (Å²) in [6.07, 6.45) is 3.77. The van der Waals surface area contributed by atoms with Crippen molar-refractivity contribution in [3.63, 3.8) is 0 Å². The predicted molar refractivity (Wildman–Crippen MR) is 127 cm³/mol. The third-order valence-corrected chi connectivity index (χ3v) is 6.42. The molecule has 0 radical (unpaired) electrons. The lowest BCUT2D eigenvalue weighted by atomic mass is 10.1. The van der Waals surface area contributed by atoms with Gasteiger partial charge in [-0.1, -0.05) is 37.7 Å². The fourth-order valence-electron chi connectivity index (χ4n) is 3.92. The fraction of sp³-hybridized carbons (Fsp3) is 0.500. The first-order valence-electron chi connectivity index (χ1n) is 11.1. The van der Waals surface area contributed by atoms with Gasteiger partial charge in [-0.05, 0) is 57.1 Å². The van der Waals surface area contributed by atoms with E-state index in [1.54, 1.807) is 11.0 Å². The van der Waals surface area contributed by atoms with Crippen LogP contribution in [0.1, 0.15) is 50.1 Å². The minimum atomic E-state index is -0.734. The Morgan fingerprint density at radius 2 is 1.84 bits per heavy atom. The molecule has 8 heteroatoms. The number of benzene rings is 1. The molecule has 2 aromatic rings. The molecule has 1 aliphatic heterocycles. The van der Waals surface area contributed by atoms with E-state index in [9.17, 15) is 9.59 Å². The Bertz CT molecular complexity index is 954. The lowest BCUT2D eigenvalue weighted by Gasteiger charge is -2.35. The molecule has 0 saturated carbocycles. The van der Waals surface area contributed by atoms with Crippen molar-refractivity contribution in [3.8, 4) is 5.75 Å². The molecule has 1 atom stereocenters. The van der Waals surface area contributed by atoms with Crippen LogP contribution in [-0.4, -0.2) is 46.7 Å². The van der Waals surface area contributed by atoms with Crippen LogP contribution in [0.15, 0.2) is 29.4 Å². The Morgan fingerprint density at radius 3 is 2.47 bits per heavy atom. The normalized spacial score (nSPS) is 15.3.